The highest BCUT2D eigenvalue weighted by molar-refractivity contribution is 5.85. The van der Waals surface area contributed by atoms with Gasteiger partial charge in [0.05, 0.1) is 0 Å². The van der Waals surface area contributed by atoms with Crippen molar-refractivity contribution >= 4 is 11.8 Å². The number of carbonyl (C=O) groups excluding carboxylic acids is 2. The molecule has 0 spiro atoms. The Kier molecular flexibility index (Phi) is 7.02. The van der Waals surface area contributed by atoms with E-state index in [4.69, 9.17) is 9.47 Å². The Hall–Kier alpha value is -3.02. The summed E-state index contributed by atoms with van der Waals surface area (Å²) in [7, 11) is 0. The first-order chi connectivity index (χ1) is 12.5. The summed E-state index contributed by atoms with van der Waals surface area (Å²) < 4.78 is 10.9. The molecule has 26 heavy (non-hydrogen) atoms. The Labute approximate surface area is 153 Å². The topological polar surface area (TPSA) is 76.7 Å². The number of ether oxygens (including phenoxy) is 2. The normalized spacial score (nSPS) is 11.3. The smallest absolute Gasteiger partial charge is 0.279 e. The lowest BCUT2D eigenvalue weighted by Gasteiger charge is -2.15. The zero-order chi connectivity index (χ0) is 18.9. The van der Waals surface area contributed by atoms with E-state index < -0.39 is 17.9 Å². The minimum Gasteiger partial charge on any atom is -0.484 e. The third-order valence-electron chi connectivity index (χ3n) is 3.73. The fourth-order valence-electron chi connectivity index (χ4n) is 2.11. The summed E-state index contributed by atoms with van der Waals surface area (Å²) in [6, 6.07) is 14.9. The first kappa shape index (κ1) is 19.3. The molecule has 2 rings (SSSR count). The quantitative estimate of drug-likeness (QED) is 0.748. The maximum atomic E-state index is 12.0. The summed E-state index contributed by atoms with van der Waals surface area (Å²) in [6.45, 7) is 5.44. The molecule has 2 aromatic rings. The minimum atomic E-state index is -0.749. The number of hydrazine groups is 1. The zero-order valence-corrected chi connectivity index (χ0v) is 15.2. The van der Waals surface area contributed by atoms with E-state index in [0.29, 0.717) is 11.5 Å². The van der Waals surface area contributed by atoms with Gasteiger partial charge in [0.1, 0.15) is 11.5 Å². The average Bonchev–Trinajstić information content (AvgIpc) is 2.66. The molecule has 2 N–H and O–H groups in total. The molecule has 0 aliphatic carbocycles. The Bertz CT molecular complexity index is 726. The van der Waals surface area contributed by atoms with Gasteiger partial charge in [-0.05, 0) is 50.1 Å². The molecule has 6 nitrogen and oxygen atoms in total. The monoisotopic (exact) mass is 356 g/mol. The van der Waals surface area contributed by atoms with Gasteiger partial charge in [-0.2, -0.15) is 0 Å². The van der Waals surface area contributed by atoms with Crippen LogP contribution in [0.3, 0.4) is 0 Å². The van der Waals surface area contributed by atoms with Gasteiger partial charge in [-0.3, -0.25) is 20.4 Å². The third-order valence-corrected chi connectivity index (χ3v) is 3.73. The van der Waals surface area contributed by atoms with Crippen molar-refractivity contribution in [2.24, 2.45) is 0 Å². The molecular formula is C20H24N2O4. The second-order valence-electron chi connectivity index (χ2n) is 5.90. The molecule has 0 aromatic heterocycles. The van der Waals surface area contributed by atoms with E-state index >= 15 is 0 Å². The largest absolute Gasteiger partial charge is 0.484 e. The number of carbonyl (C=O) groups is 2. The number of nitrogens with one attached hydrogen (secondary N) is 2. The Morgan fingerprint density at radius 2 is 1.58 bits per heavy atom. The predicted octanol–water partition coefficient (Wildman–Crippen LogP) is 2.55. The van der Waals surface area contributed by atoms with Crippen molar-refractivity contribution in [3.8, 4) is 11.5 Å². The van der Waals surface area contributed by atoms with Crippen LogP contribution in [-0.2, 0) is 16.0 Å². The average molecular weight is 356 g/mol. The molecule has 2 amide bonds. The molecule has 0 aliphatic rings. The van der Waals surface area contributed by atoms with Crippen molar-refractivity contribution in [2.75, 3.05) is 6.61 Å². The van der Waals surface area contributed by atoms with Gasteiger partial charge in [-0.1, -0.05) is 36.8 Å². The molecule has 0 fully saturated rings. The van der Waals surface area contributed by atoms with Crippen LogP contribution in [0.4, 0.5) is 0 Å². The van der Waals surface area contributed by atoms with E-state index in [0.717, 1.165) is 12.0 Å². The van der Waals surface area contributed by atoms with Crippen LogP contribution in [0.5, 0.6) is 11.5 Å². The zero-order valence-electron chi connectivity index (χ0n) is 15.2. The fourth-order valence-corrected chi connectivity index (χ4v) is 2.11. The van der Waals surface area contributed by atoms with E-state index in [1.165, 1.54) is 5.56 Å². The number of benzene rings is 2. The molecule has 0 bridgehead atoms. The van der Waals surface area contributed by atoms with Gasteiger partial charge in [0.15, 0.2) is 12.7 Å². The molecule has 1 atom stereocenters. The molecular weight excluding hydrogens is 332 g/mol. The summed E-state index contributed by atoms with van der Waals surface area (Å²) in [4.78, 5) is 23.7. The van der Waals surface area contributed by atoms with E-state index in [2.05, 4.69) is 17.8 Å². The van der Waals surface area contributed by atoms with Crippen LogP contribution in [-0.4, -0.2) is 24.5 Å². The predicted molar refractivity (Wildman–Crippen MR) is 98.9 cm³/mol. The summed E-state index contributed by atoms with van der Waals surface area (Å²) in [5.41, 5.74) is 6.93. The van der Waals surface area contributed by atoms with Crippen molar-refractivity contribution in [1.29, 1.82) is 0 Å². The SMILES string of the molecule is CCc1ccc(O[C@H](C)C(=O)NNC(=O)COc2ccc(C)cc2)cc1. The molecule has 0 saturated heterocycles. The molecule has 0 aliphatic heterocycles. The van der Waals surface area contributed by atoms with Gasteiger partial charge in [-0.15, -0.1) is 0 Å². The lowest BCUT2D eigenvalue weighted by atomic mass is 10.2. The Morgan fingerprint density at radius 3 is 2.19 bits per heavy atom. The van der Waals surface area contributed by atoms with E-state index in [1.54, 1.807) is 19.1 Å². The number of aryl methyl sites for hydroxylation is 2. The Morgan fingerprint density at radius 1 is 0.962 bits per heavy atom. The summed E-state index contributed by atoms with van der Waals surface area (Å²) in [6.07, 6.45) is 0.188. The van der Waals surface area contributed by atoms with E-state index in [1.807, 2.05) is 43.3 Å². The maximum Gasteiger partial charge on any atom is 0.279 e. The van der Waals surface area contributed by atoms with Crippen LogP contribution < -0.4 is 20.3 Å². The van der Waals surface area contributed by atoms with Gasteiger partial charge in [0.2, 0.25) is 0 Å². The number of rotatable bonds is 7. The summed E-state index contributed by atoms with van der Waals surface area (Å²) in [5.74, 6) is 0.273. The lowest BCUT2D eigenvalue weighted by Crippen LogP contribution is -2.48. The fraction of sp³-hybridized carbons (Fsp3) is 0.300. The van der Waals surface area contributed by atoms with Crippen LogP contribution in [0.2, 0.25) is 0 Å². The van der Waals surface area contributed by atoms with Crippen LogP contribution >= 0.6 is 0 Å². The van der Waals surface area contributed by atoms with Crippen LogP contribution in [0.15, 0.2) is 48.5 Å². The van der Waals surface area contributed by atoms with Crippen molar-refractivity contribution in [3.05, 3.63) is 59.7 Å². The Balaban J connectivity index is 1.72. The highest BCUT2D eigenvalue weighted by Gasteiger charge is 2.15. The summed E-state index contributed by atoms with van der Waals surface area (Å²) in [5, 5.41) is 0. The van der Waals surface area contributed by atoms with Gasteiger partial charge in [0, 0.05) is 0 Å². The maximum absolute atomic E-state index is 12.0. The molecule has 0 radical (unpaired) electrons. The highest BCUT2D eigenvalue weighted by Crippen LogP contribution is 2.14. The molecule has 138 valence electrons. The minimum absolute atomic E-state index is 0.197. The van der Waals surface area contributed by atoms with Crippen molar-refractivity contribution in [3.63, 3.8) is 0 Å². The van der Waals surface area contributed by atoms with Crippen LogP contribution in [0.1, 0.15) is 25.0 Å². The van der Waals surface area contributed by atoms with Gasteiger partial charge in [-0.25, -0.2) is 0 Å². The molecule has 2 aromatic carbocycles. The van der Waals surface area contributed by atoms with E-state index in [9.17, 15) is 9.59 Å². The van der Waals surface area contributed by atoms with Gasteiger partial charge >= 0.3 is 0 Å². The number of hydrogen-bond acceptors (Lipinski definition) is 4. The molecule has 0 heterocycles. The van der Waals surface area contributed by atoms with E-state index in [-0.39, 0.29) is 6.61 Å². The van der Waals surface area contributed by atoms with Gasteiger partial charge in [0.25, 0.3) is 11.8 Å². The van der Waals surface area contributed by atoms with Gasteiger partial charge < -0.3 is 9.47 Å². The molecule has 0 saturated carbocycles. The number of amides is 2. The highest BCUT2D eigenvalue weighted by atomic mass is 16.5. The molecule has 6 heteroatoms. The number of hydrogen-bond donors (Lipinski definition) is 2. The van der Waals surface area contributed by atoms with Crippen molar-refractivity contribution in [2.45, 2.75) is 33.3 Å². The van der Waals surface area contributed by atoms with Crippen LogP contribution in [0.25, 0.3) is 0 Å². The standard InChI is InChI=1S/C20H24N2O4/c1-4-16-7-11-18(12-8-16)26-15(3)20(24)22-21-19(23)13-25-17-9-5-14(2)6-10-17/h5-12,15H,4,13H2,1-3H3,(H,21,23)(H,22,24)/t15-/m1/s1. The first-order valence-corrected chi connectivity index (χ1v) is 8.51. The van der Waals surface area contributed by atoms with Crippen molar-refractivity contribution in [1.82, 2.24) is 10.9 Å². The second-order valence-corrected chi connectivity index (χ2v) is 5.90. The third kappa shape index (κ3) is 6.12. The second kappa shape index (κ2) is 9.46. The lowest BCUT2D eigenvalue weighted by molar-refractivity contribution is -0.133. The van der Waals surface area contributed by atoms with Crippen molar-refractivity contribution < 1.29 is 19.1 Å². The van der Waals surface area contributed by atoms with Crippen LogP contribution in [0, 0.1) is 6.92 Å². The summed E-state index contributed by atoms with van der Waals surface area (Å²) >= 11 is 0. The molecule has 0 unspecified atom stereocenters. The first-order valence-electron chi connectivity index (χ1n) is 8.51.